The number of hydrogen-bond acceptors (Lipinski definition) is 3. The zero-order valence-corrected chi connectivity index (χ0v) is 13.6. The molecule has 1 aromatic heterocycles. The van der Waals surface area contributed by atoms with Crippen molar-refractivity contribution in [1.82, 2.24) is 9.97 Å². The summed E-state index contributed by atoms with van der Waals surface area (Å²) in [5.41, 5.74) is 0.924. The molecule has 0 saturated heterocycles. The molecule has 1 heterocycles. The Hall–Kier alpha value is -0.550. The van der Waals surface area contributed by atoms with Gasteiger partial charge < -0.3 is 5.32 Å². The van der Waals surface area contributed by atoms with Gasteiger partial charge in [-0.3, -0.25) is 0 Å². The van der Waals surface area contributed by atoms with Crippen molar-refractivity contribution in [3.05, 3.63) is 49.8 Å². The molecule has 100 valence electrons. The Balaban J connectivity index is 2.25. The SMILES string of the molecule is CC(Nc1ncnc(Cl)c1Br)c1ccc(Cl)cc1Cl. The summed E-state index contributed by atoms with van der Waals surface area (Å²) >= 11 is 21.3. The van der Waals surface area contributed by atoms with E-state index in [1.54, 1.807) is 12.1 Å². The van der Waals surface area contributed by atoms with Gasteiger partial charge in [0.2, 0.25) is 0 Å². The molecule has 0 aliphatic heterocycles. The third kappa shape index (κ3) is 3.51. The van der Waals surface area contributed by atoms with Gasteiger partial charge in [-0.05, 0) is 40.5 Å². The highest BCUT2D eigenvalue weighted by atomic mass is 79.9. The molecule has 0 bridgehead atoms. The molecule has 0 radical (unpaired) electrons. The minimum atomic E-state index is -0.0490. The number of anilines is 1. The van der Waals surface area contributed by atoms with Crippen molar-refractivity contribution in [3.8, 4) is 0 Å². The summed E-state index contributed by atoms with van der Waals surface area (Å²) in [7, 11) is 0. The summed E-state index contributed by atoms with van der Waals surface area (Å²) in [6.45, 7) is 1.97. The summed E-state index contributed by atoms with van der Waals surface area (Å²) in [4.78, 5) is 8.00. The molecule has 1 N–H and O–H groups in total. The fourth-order valence-electron chi connectivity index (χ4n) is 1.58. The van der Waals surface area contributed by atoms with Crippen LogP contribution in [0.15, 0.2) is 29.0 Å². The first-order valence-electron chi connectivity index (χ1n) is 5.36. The van der Waals surface area contributed by atoms with Gasteiger partial charge in [0.15, 0.2) is 0 Å². The highest BCUT2D eigenvalue weighted by Crippen LogP contribution is 2.31. The first-order valence-corrected chi connectivity index (χ1v) is 7.29. The summed E-state index contributed by atoms with van der Waals surface area (Å²) in [5, 5.41) is 4.78. The topological polar surface area (TPSA) is 37.8 Å². The lowest BCUT2D eigenvalue weighted by Gasteiger charge is -2.17. The number of nitrogens with zero attached hydrogens (tertiary/aromatic N) is 2. The Morgan fingerprint density at radius 3 is 2.63 bits per heavy atom. The van der Waals surface area contributed by atoms with Gasteiger partial charge in [0.25, 0.3) is 0 Å². The van der Waals surface area contributed by atoms with Crippen LogP contribution in [0.2, 0.25) is 15.2 Å². The van der Waals surface area contributed by atoms with Gasteiger partial charge >= 0.3 is 0 Å². The van der Waals surface area contributed by atoms with E-state index < -0.39 is 0 Å². The fourth-order valence-corrected chi connectivity index (χ4v) is 2.61. The maximum Gasteiger partial charge on any atom is 0.148 e. The summed E-state index contributed by atoms with van der Waals surface area (Å²) in [5.74, 6) is 0.610. The van der Waals surface area contributed by atoms with Crippen molar-refractivity contribution in [2.75, 3.05) is 5.32 Å². The zero-order chi connectivity index (χ0) is 14.0. The quantitative estimate of drug-likeness (QED) is 0.726. The molecule has 0 saturated carbocycles. The van der Waals surface area contributed by atoms with Gasteiger partial charge in [0, 0.05) is 10.0 Å². The van der Waals surface area contributed by atoms with Crippen LogP contribution in [0.3, 0.4) is 0 Å². The fraction of sp³-hybridized carbons (Fsp3) is 0.167. The van der Waals surface area contributed by atoms with Crippen LogP contribution < -0.4 is 5.32 Å². The van der Waals surface area contributed by atoms with E-state index in [1.807, 2.05) is 13.0 Å². The van der Waals surface area contributed by atoms with Crippen LogP contribution in [0, 0.1) is 0 Å². The third-order valence-electron chi connectivity index (χ3n) is 2.53. The third-order valence-corrected chi connectivity index (χ3v) is 4.36. The van der Waals surface area contributed by atoms with Crippen molar-refractivity contribution in [1.29, 1.82) is 0 Å². The van der Waals surface area contributed by atoms with E-state index in [4.69, 9.17) is 34.8 Å². The Morgan fingerprint density at radius 1 is 1.21 bits per heavy atom. The van der Waals surface area contributed by atoms with Crippen molar-refractivity contribution in [2.45, 2.75) is 13.0 Å². The average Bonchev–Trinajstić information content (AvgIpc) is 2.34. The van der Waals surface area contributed by atoms with Gasteiger partial charge in [0.1, 0.15) is 17.3 Å². The molecule has 7 heteroatoms. The smallest absolute Gasteiger partial charge is 0.148 e. The van der Waals surface area contributed by atoms with E-state index in [1.165, 1.54) is 6.33 Å². The van der Waals surface area contributed by atoms with E-state index in [2.05, 4.69) is 31.2 Å². The van der Waals surface area contributed by atoms with Crippen molar-refractivity contribution in [3.63, 3.8) is 0 Å². The van der Waals surface area contributed by atoms with Crippen LogP contribution in [0.1, 0.15) is 18.5 Å². The van der Waals surface area contributed by atoms with E-state index in [-0.39, 0.29) is 6.04 Å². The Labute approximate surface area is 134 Å². The van der Waals surface area contributed by atoms with Gasteiger partial charge in [0.05, 0.1) is 10.5 Å². The van der Waals surface area contributed by atoms with Gasteiger partial charge in [-0.25, -0.2) is 9.97 Å². The van der Waals surface area contributed by atoms with Gasteiger partial charge in [-0.2, -0.15) is 0 Å². The molecule has 3 nitrogen and oxygen atoms in total. The predicted molar refractivity (Wildman–Crippen MR) is 83.2 cm³/mol. The molecule has 2 rings (SSSR count). The summed E-state index contributed by atoms with van der Waals surface area (Å²) in [6.07, 6.45) is 1.39. The lowest BCUT2D eigenvalue weighted by molar-refractivity contribution is 0.870. The maximum absolute atomic E-state index is 6.17. The van der Waals surface area contributed by atoms with E-state index in [0.717, 1.165) is 5.56 Å². The molecule has 1 unspecified atom stereocenters. The normalized spacial score (nSPS) is 12.3. The van der Waals surface area contributed by atoms with Crippen LogP contribution in [-0.2, 0) is 0 Å². The zero-order valence-electron chi connectivity index (χ0n) is 9.79. The van der Waals surface area contributed by atoms with Gasteiger partial charge in [-0.1, -0.05) is 40.9 Å². The lowest BCUT2D eigenvalue weighted by Crippen LogP contribution is -2.09. The predicted octanol–water partition coefficient (Wildman–Crippen LogP) is 5.37. The molecule has 0 amide bonds. The minimum absolute atomic E-state index is 0.0490. The maximum atomic E-state index is 6.17. The molecule has 0 spiro atoms. The van der Waals surface area contributed by atoms with Crippen molar-refractivity contribution in [2.24, 2.45) is 0 Å². The second-order valence-corrected chi connectivity index (χ2v) is 5.85. The number of hydrogen-bond donors (Lipinski definition) is 1. The van der Waals surface area contributed by atoms with E-state index in [9.17, 15) is 0 Å². The van der Waals surface area contributed by atoms with Crippen LogP contribution in [0.25, 0.3) is 0 Å². The van der Waals surface area contributed by atoms with E-state index >= 15 is 0 Å². The first kappa shape index (κ1) is 14.9. The molecule has 1 aromatic carbocycles. The Bertz CT molecular complexity index is 607. The number of nitrogens with one attached hydrogen (secondary N) is 1. The molecular weight excluding hydrogens is 372 g/mol. The largest absolute Gasteiger partial charge is 0.362 e. The van der Waals surface area contributed by atoms with Crippen LogP contribution in [0.4, 0.5) is 5.82 Å². The van der Waals surface area contributed by atoms with Crippen molar-refractivity contribution < 1.29 is 0 Å². The highest BCUT2D eigenvalue weighted by Gasteiger charge is 2.13. The van der Waals surface area contributed by atoms with Crippen LogP contribution in [-0.4, -0.2) is 9.97 Å². The highest BCUT2D eigenvalue weighted by molar-refractivity contribution is 9.10. The monoisotopic (exact) mass is 379 g/mol. The Kier molecular flexibility index (Phi) is 4.90. The summed E-state index contributed by atoms with van der Waals surface area (Å²) < 4.78 is 0.619. The molecule has 19 heavy (non-hydrogen) atoms. The molecule has 0 aliphatic carbocycles. The molecule has 1 atom stereocenters. The average molecular weight is 381 g/mol. The minimum Gasteiger partial charge on any atom is -0.362 e. The first-order chi connectivity index (χ1) is 8.99. The standard InChI is InChI=1S/C12H9BrCl3N3/c1-6(8-3-2-7(14)4-9(8)15)19-12-10(13)11(16)17-5-18-12/h2-6H,1H3,(H,17,18,19). The Morgan fingerprint density at radius 2 is 1.95 bits per heavy atom. The molecule has 0 aliphatic rings. The van der Waals surface area contributed by atoms with Gasteiger partial charge in [-0.15, -0.1) is 0 Å². The molecular formula is C12H9BrCl3N3. The van der Waals surface area contributed by atoms with Crippen LogP contribution >= 0.6 is 50.7 Å². The molecule has 2 aromatic rings. The second kappa shape index (κ2) is 6.27. The number of rotatable bonds is 3. The van der Waals surface area contributed by atoms with E-state index in [0.29, 0.717) is 25.5 Å². The van der Waals surface area contributed by atoms with Crippen molar-refractivity contribution >= 4 is 56.6 Å². The number of aromatic nitrogens is 2. The lowest BCUT2D eigenvalue weighted by atomic mass is 10.1. The molecule has 0 fully saturated rings. The number of benzene rings is 1. The number of halogens is 4. The second-order valence-electron chi connectivity index (χ2n) is 3.86. The van der Waals surface area contributed by atoms with Crippen LogP contribution in [0.5, 0.6) is 0 Å². The summed E-state index contributed by atoms with van der Waals surface area (Å²) in [6, 6.07) is 5.33.